The maximum absolute atomic E-state index is 12.5. The van der Waals surface area contributed by atoms with Gasteiger partial charge in [-0.05, 0) is 29.3 Å². The fraction of sp³-hybridized carbons (Fsp3) is 0.143. The van der Waals surface area contributed by atoms with Crippen molar-refractivity contribution < 1.29 is 9.59 Å². The monoisotopic (exact) mass is 376 g/mol. The van der Waals surface area contributed by atoms with Crippen LogP contribution in [0.5, 0.6) is 0 Å². The normalized spacial score (nSPS) is 10.3. The number of hydrogen-bond donors (Lipinski definition) is 2. The summed E-state index contributed by atoms with van der Waals surface area (Å²) in [5.41, 5.74) is 2.20. The molecule has 0 saturated carbocycles. The largest absolute Gasteiger partial charge is 0.359 e. The molecule has 0 bridgehead atoms. The van der Waals surface area contributed by atoms with Crippen LogP contribution < -0.4 is 16.2 Å². The molecule has 0 unspecified atom stereocenters. The first-order chi connectivity index (χ1) is 13.5. The molecule has 0 fully saturated rings. The molecule has 0 saturated heterocycles. The number of aromatic nitrogens is 2. The second-order valence-corrected chi connectivity index (χ2v) is 6.20. The molecule has 28 heavy (non-hydrogen) atoms. The lowest BCUT2D eigenvalue weighted by atomic mass is 10.1. The molecule has 0 atom stereocenters. The number of benzene rings is 2. The molecule has 7 heteroatoms. The van der Waals surface area contributed by atoms with Gasteiger partial charge in [0.1, 0.15) is 5.69 Å². The van der Waals surface area contributed by atoms with Crippen LogP contribution in [0.3, 0.4) is 0 Å². The van der Waals surface area contributed by atoms with Crippen LogP contribution in [-0.2, 0) is 17.8 Å². The zero-order valence-corrected chi connectivity index (χ0v) is 15.4. The van der Waals surface area contributed by atoms with Gasteiger partial charge in [0.15, 0.2) is 0 Å². The molecule has 0 spiro atoms. The lowest BCUT2D eigenvalue weighted by Gasteiger charge is -2.09. The molecule has 0 aliphatic carbocycles. The molecule has 2 aromatic carbocycles. The van der Waals surface area contributed by atoms with Crippen molar-refractivity contribution in [1.29, 1.82) is 0 Å². The molecule has 1 aromatic heterocycles. The van der Waals surface area contributed by atoms with Crippen molar-refractivity contribution in [2.24, 2.45) is 0 Å². The van der Waals surface area contributed by atoms with Crippen molar-refractivity contribution in [1.82, 2.24) is 15.1 Å². The van der Waals surface area contributed by atoms with Gasteiger partial charge in [0.05, 0.1) is 13.0 Å². The summed E-state index contributed by atoms with van der Waals surface area (Å²) >= 11 is 0. The second kappa shape index (κ2) is 8.77. The van der Waals surface area contributed by atoms with Crippen LogP contribution in [-0.4, -0.2) is 28.6 Å². The molecule has 0 aliphatic rings. The van der Waals surface area contributed by atoms with Gasteiger partial charge in [0.2, 0.25) is 5.91 Å². The summed E-state index contributed by atoms with van der Waals surface area (Å²) in [5.74, 6) is -0.498. The summed E-state index contributed by atoms with van der Waals surface area (Å²) < 4.78 is 1.26. The third-order valence-electron chi connectivity index (χ3n) is 4.13. The van der Waals surface area contributed by atoms with Crippen LogP contribution in [0.25, 0.3) is 0 Å². The van der Waals surface area contributed by atoms with Crippen molar-refractivity contribution in [3.8, 4) is 0 Å². The van der Waals surface area contributed by atoms with E-state index in [4.69, 9.17) is 0 Å². The van der Waals surface area contributed by atoms with Crippen molar-refractivity contribution in [3.05, 3.63) is 93.9 Å². The van der Waals surface area contributed by atoms with E-state index in [1.54, 1.807) is 31.3 Å². The van der Waals surface area contributed by atoms with Gasteiger partial charge in [-0.3, -0.25) is 14.4 Å². The molecule has 0 aliphatic heterocycles. The fourth-order valence-corrected chi connectivity index (χ4v) is 2.61. The van der Waals surface area contributed by atoms with Crippen LogP contribution in [0.2, 0.25) is 0 Å². The Bertz CT molecular complexity index is 1030. The minimum absolute atomic E-state index is 0.0818. The van der Waals surface area contributed by atoms with E-state index >= 15 is 0 Å². The number of hydrogen-bond acceptors (Lipinski definition) is 4. The predicted molar refractivity (Wildman–Crippen MR) is 106 cm³/mol. The van der Waals surface area contributed by atoms with Crippen LogP contribution >= 0.6 is 0 Å². The highest BCUT2D eigenvalue weighted by Crippen LogP contribution is 2.11. The number of likely N-dealkylation sites (N-methyl/N-ethyl adjacent to an activating group) is 1. The van der Waals surface area contributed by atoms with Crippen LogP contribution in [0.1, 0.15) is 21.6 Å². The van der Waals surface area contributed by atoms with Crippen LogP contribution in [0, 0.1) is 0 Å². The topological polar surface area (TPSA) is 93.1 Å². The summed E-state index contributed by atoms with van der Waals surface area (Å²) in [4.78, 5) is 35.9. The average Bonchev–Trinajstić information content (AvgIpc) is 2.71. The number of nitrogens with zero attached hydrogens (tertiary/aromatic N) is 2. The minimum atomic E-state index is -0.416. The van der Waals surface area contributed by atoms with Crippen molar-refractivity contribution in [2.75, 3.05) is 12.4 Å². The Hall–Kier alpha value is -3.74. The van der Waals surface area contributed by atoms with E-state index in [1.165, 1.54) is 16.8 Å². The van der Waals surface area contributed by atoms with Gasteiger partial charge in [-0.15, -0.1) is 0 Å². The summed E-state index contributed by atoms with van der Waals surface area (Å²) in [6, 6.07) is 19.1. The van der Waals surface area contributed by atoms with E-state index in [0.29, 0.717) is 5.69 Å². The number of nitrogens with one attached hydrogen (secondary N) is 2. The first kappa shape index (κ1) is 19.0. The zero-order valence-electron chi connectivity index (χ0n) is 15.4. The number of carbonyl (C=O) groups excluding carboxylic acids is 2. The van der Waals surface area contributed by atoms with Gasteiger partial charge < -0.3 is 10.6 Å². The Morgan fingerprint density at radius 1 is 0.929 bits per heavy atom. The maximum atomic E-state index is 12.5. The molecule has 7 nitrogen and oxygen atoms in total. The van der Waals surface area contributed by atoms with E-state index in [-0.39, 0.29) is 30.1 Å². The summed E-state index contributed by atoms with van der Waals surface area (Å²) in [6.07, 6.45) is 0.275. The van der Waals surface area contributed by atoms with Gasteiger partial charge in [-0.25, -0.2) is 4.68 Å². The number of amides is 2. The third-order valence-corrected chi connectivity index (χ3v) is 4.13. The van der Waals surface area contributed by atoms with E-state index < -0.39 is 5.91 Å². The first-order valence-electron chi connectivity index (χ1n) is 8.78. The van der Waals surface area contributed by atoms with Gasteiger partial charge in [0, 0.05) is 18.8 Å². The average molecular weight is 376 g/mol. The molecular formula is C21H20N4O3. The van der Waals surface area contributed by atoms with Gasteiger partial charge in [0.25, 0.3) is 11.5 Å². The van der Waals surface area contributed by atoms with Crippen molar-refractivity contribution in [2.45, 2.75) is 13.0 Å². The predicted octanol–water partition coefficient (Wildman–Crippen LogP) is 1.83. The summed E-state index contributed by atoms with van der Waals surface area (Å²) in [7, 11) is 1.58. The Balaban J connectivity index is 1.71. The maximum Gasteiger partial charge on any atom is 0.276 e. The molecule has 0 radical (unpaired) electrons. The minimum Gasteiger partial charge on any atom is -0.359 e. The standard InChI is InChI=1S/C21H20N4O3/c1-22-19(26)13-15-7-9-17(10-8-15)23-21(28)18-11-12-20(27)25(24-18)14-16-5-3-2-4-6-16/h2-12H,13-14H2,1H3,(H,22,26)(H,23,28). The van der Waals surface area contributed by atoms with E-state index in [9.17, 15) is 14.4 Å². The highest BCUT2D eigenvalue weighted by atomic mass is 16.2. The molecule has 1 heterocycles. The smallest absolute Gasteiger partial charge is 0.276 e. The molecule has 3 rings (SSSR count). The Kier molecular flexibility index (Phi) is 5.96. The molecule has 3 aromatic rings. The first-order valence-corrected chi connectivity index (χ1v) is 8.78. The third kappa shape index (κ3) is 4.91. The number of anilines is 1. The Morgan fingerprint density at radius 2 is 1.64 bits per heavy atom. The summed E-state index contributed by atoms with van der Waals surface area (Å²) in [6.45, 7) is 0.287. The quantitative estimate of drug-likeness (QED) is 0.686. The van der Waals surface area contributed by atoms with Gasteiger partial charge in [-0.2, -0.15) is 5.10 Å². The van der Waals surface area contributed by atoms with E-state index in [2.05, 4.69) is 15.7 Å². The SMILES string of the molecule is CNC(=O)Cc1ccc(NC(=O)c2ccc(=O)n(Cc3ccccc3)n2)cc1. The Labute approximate surface area is 162 Å². The van der Waals surface area contributed by atoms with Crippen molar-refractivity contribution in [3.63, 3.8) is 0 Å². The molecule has 2 amide bonds. The van der Waals surface area contributed by atoms with Gasteiger partial charge >= 0.3 is 0 Å². The van der Waals surface area contributed by atoms with E-state index in [1.807, 2.05) is 30.3 Å². The zero-order chi connectivity index (χ0) is 19.9. The highest BCUT2D eigenvalue weighted by Gasteiger charge is 2.11. The molecule has 142 valence electrons. The molecular weight excluding hydrogens is 356 g/mol. The highest BCUT2D eigenvalue weighted by molar-refractivity contribution is 6.02. The van der Waals surface area contributed by atoms with E-state index in [0.717, 1.165) is 11.1 Å². The van der Waals surface area contributed by atoms with Crippen molar-refractivity contribution >= 4 is 17.5 Å². The van der Waals surface area contributed by atoms with Crippen LogP contribution in [0.4, 0.5) is 5.69 Å². The fourth-order valence-electron chi connectivity index (χ4n) is 2.61. The van der Waals surface area contributed by atoms with Gasteiger partial charge in [-0.1, -0.05) is 42.5 Å². The second-order valence-electron chi connectivity index (χ2n) is 6.20. The lowest BCUT2D eigenvalue weighted by molar-refractivity contribution is -0.119. The molecule has 2 N–H and O–H groups in total. The number of carbonyl (C=O) groups is 2. The Morgan fingerprint density at radius 3 is 2.32 bits per heavy atom. The number of rotatable bonds is 6. The van der Waals surface area contributed by atoms with Crippen LogP contribution in [0.15, 0.2) is 71.5 Å². The lowest BCUT2D eigenvalue weighted by Crippen LogP contribution is -2.26. The summed E-state index contributed by atoms with van der Waals surface area (Å²) in [5, 5.41) is 9.48.